The number of carbonyl (C=O) groups is 1. The second-order valence-corrected chi connectivity index (χ2v) is 14.1. The molecule has 4 rings (SSSR count). The Hall–Kier alpha value is -2.59. The highest BCUT2D eigenvalue weighted by Gasteiger charge is 2.35. The number of carbonyl (C=O) groups excluding carboxylic acids is 1. The molecular weight excluding hydrogens is 559 g/mol. The summed E-state index contributed by atoms with van der Waals surface area (Å²) >= 11 is 0. The number of nitrogens with zero attached hydrogens (tertiary/aromatic N) is 3. The standard InChI is InChI=1S/C30H45N4O7P/c1-9-10-11-14-37-28(36)33-26-31-18-34(27(35)32-26)24-13-12-20(40-24)16-38-42-39-17-21-19(2)22(29(3,4)5)15-23(25(21)41-42)30(6,7)8/h15,18,20,24H,9-14,16-17H2,1-8H3,(H,32,33,35,36). The van der Waals surface area contributed by atoms with Crippen LogP contribution in [-0.2, 0) is 36.0 Å². The fourth-order valence-corrected chi connectivity index (χ4v) is 6.17. The van der Waals surface area contributed by atoms with E-state index in [0.29, 0.717) is 26.1 Å². The second kappa shape index (κ2) is 13.4. The number of benzene rings is 1. The van der Waals surface area contributed by atoms with Crippen molar-refractivity contribution >= 4 is 20.6 Å². The van der Waals surface area contributed by atoms with Gasteiger partial charge >= 0.3 is 20.4 Å². The van der Waals surface area contributed by atoms with E-state index in [0.717, 1.165) is 36.1 Å². The van der Waals surface area contributed by atoms with Crippen LogP contribution in [0.25, 0.3) is 0 Å². The summed E-state index contributed by atoms with van der Waals surface area (Å²) in [7, 11) is -1.61. The van der Waals surface area contributed by atoms with Crippen molar-refractivity contribution in [2.45, 2.75) is 117 Å². The largest absolute Gasteiger partial charge is 0.449 e. The van der Waals surface area contributed by atoms with Crippen LogP contribution in [-0.4, -0.2) is 39.9 Å². The van der Waals surface area contributed by atoms with Gasteiger partial charge in [0, 0.05) is 11.1 Å². The predicted octanol–water partition coefficient (Wildman–Crippen LogP) is 6.81. The minimum absolute atomic E-state index is 0.00227. The average Bonchev–Trinajstić information content (AvgIpc) is 3.37. The maximum absolute atomic E-state index is 12.6. The van der Waals surface area contributed by atoms with Crippen molar-refractivity contribution < 1.29 is 27.8 Å². The fraction of sp³-hybridized carbons (Fsp3) is 0.667. The molecule has 0 saturated carbocycles. The number of amides is 1. The summed E-state index contributed by atoms with van der Waals surface area (Å²) in [5, 5.41) is 2.39. The lowest BCUT2D eigenvalue weighted by Gasteiger charge is -2.34. The zero-order chi connectivity index (χ0) is 30.7. The number of hydrogen-bond acceptors (Lipinski definition) is 9. The molecule has 1 aromatic heterocycles. The molecule has 3 unspecified atom stereocenters. The maximum atomic E-state index is 12.6. The first-order valence-electron chi connectivity index (χ1n) is 14.7. The molecule has 1 amide bonds. The van der Waals surface area contributed by atoms with E-state index in [1.165, 1.54) is 22.0 Å². The number of rotatable bonds is 9. The van der Waals surface area contributed by atoms with E-state index in [-0.39, 0.29) is 29.5 Å². The number of ether oxygens (including phenoxy) is 2. The van der Waals surface area contributed by atoms with Crippen molar-refractivity contribution in [3.8, 4) is 5.75 Å². The minimum Gasteiger partial charge on any atom is -0.449 e. The third-order valence-electron chi connectivity index (χ3n) is 7.44. The molecule has 3 atom stereocenters. The lowest BCUT2D eigenvalue weighted by atomic mass is 9.76. The van der Waals surface area contributed by atoms with Crippen LogP contribution in [0.2, 0.25) is 0 Å². The summed E-state index contributed by atoms with van der Waals surface area (Å²) in [6.45, 7) is 18.4. The van der Waals surface area contributed by atoms with Gasteiger partial charge in [0.2, 0.25) is 5.95 Å². The lowest BCUT2D eigenvalue weighted by Crippen LogP contribution is -2.30. The van der Waals surface area contributed by atoms with E-state index in [2.05, 4.69) is 76.7 Å². The highest BCUT2D eigenvalue weighted by atomic mass is 31.2. The number of aromatic nitrogens is 3. The molecule has 232 valence electrons. The molecule has 0 radical (unpaired) electrons. The summed E-state index contributed by atoms with van der Waals surface area (Å²) in [5.41, 5.74) is 4.02. The Bertz CT molecular complexity index is 1320. The van der Waals surface area contributed by atoms with Crippen LogP contribution in [0.5, 0.6) is 5.75 Å². The van der Waals surface area contributed by atoms with Gasteiger partial charge in [-0.2, -0.15) is 4.98 Å². The molecule has 0 spiro atoms. The van der Waals surface area contributed by atoms with E-state index in [1.54, 1.807) is 0 Å². The Morgan fingerprint density at radius 2 is 1.88 bits per heavy atom. The minimum atomic E-state index is -1.61. The first-order valence-corrected chi connectivity index (χ1v) is 15.8. The molecule has 12 heteroatoms. The summed E-state index contributed by atoms with van der Waals surface area (Å²) < 4.78 is 30.9. The molecule has 1 aromatic carbocycles. The van der Waals surface area contributed by atoms with Crippen LogP contribution >= 0.6 is 8.60 Å². The summed E-state index contributed by atoms with van der Waals surface area (Å²) in [5.74, 6) is 0.751. The van der Waals surface area contributed by atoms with E-state index < -0.39 is 26.6 Å². The average molecular weight is 605 g/mol. The molecule has 0 bridgehead atoms. The first-order chi connectivity index (χ1) is 19.8. The number of anilines is 1. The third kappa shape index (κ3) is 7.86. The molecule has 1 saturated heterocycles. The first kappa shape index (κ1) is 32.3. The highest BCUT2D eigenvalue weighted by Crippen LogP contribution is 2.53. The van der Waals surface area contributed by atoms with E-state index in [9.17, 15) is 9.59 Å². The fourth-order valence-electron chi connectivity index (χ4n) is 5.11. The maximum Gasteiger partial charge on any atom is 0.414 e. The zero-order valence-corrected chi connectivity index (χ0v) is 27.0. The van der Waals surface area contributed by atoms with Gasteiger partial charge in [0.05, 0.1) is 25.9 Å². The second-order valence-electron chi connectivity index (χ2n) is 12.9. The van der Waals surface area contributed by atoms with Crippen LogP contribution in [0, 0.1) is 6.92 Å². The van der Waals surface area contributed by atoms with Gasteiger partial charge in [-0.15, -0.1) is 0 Å². The zero-order valence-electron chi connectivity index (χ0n) is 26.1. The number of fused-ring (bicyclic) bond motifs is 1. The Morgan fingerprint density at radius 3 is 2.55 bits per heavy atom. The molecule has 3 heterocycles. The van der Waals surface area contributed by atoms with Gasteiger partial charge in [-0.25, -0.2) is 14.6 Å². The van der Waals surface area contributed by atoms with Crippen LogP contribution in [0.1, 0.15) is 109 Å². The molecule has 2 aromatic rings. The lowest BCUT2D eigenvalue weighted by molar-refractivity contribution is -0.0233. The number of unbranched alkanes of at least 4 members (excludes halogenated alkanes) is 2. The molecule has 42 heavy (non-hydrogen) atoms. The number of nitrogens with one attached hydrogen (secondary N) is 1. The Kier molecular flexibility index (Phi) is 10.3. The molecule has 0 aliphatic carbocycles. The molecular formula is C30H45N4O7P. The summed E-state index contributed by atoms with van der Waals surface area (Å²) in [6.07, 6.45) is 3.91. The van der Waals surface area contributed by atoms with Crippen molar-refractivity contribution in [2.24, 2.45) is 0 Å². The molecule has 2 aliphatic heterocycles. The van der Waals surface area contributed by atoms with Gasteiger partial charge < -0.3 is 14.0 Å². The summed E-state index contributed by atoms with van der Waals surface area (Å²) in [4.78, 5) is 32.5. The SMILES string of the molecule is CCCCCOC(=O)Nc1ncn(C2CCC(COP3OCc4c(C)c(C(C)(C)C)cc(C(C)(C)C)c4O3)O2)c(=O)n1. The highest BCUT2D eigenvalue weighted by molar-refractivity contribution is 7.42. The van der Waals surface area contributed by atoms with Crippen molar-refractivity contribution in [3.63, 3.8) is 0 Å². The van der Waals surface area contributed by atoms with Crippen LogP contribution < -0.4 is 15.5 Å². The van der Waals surface area contributed by atoms with Crippen LogP contribution in [0.3, 0.4) is 0 Å². The van der Waals surface area contributed by atoms with Gasteiger partial charge in [-0.05, 0) is 48.1 Å². The normalized spacial score (nSPS) is 20.6. The van der Waals surface area contributed by atoms with Crippen molar-refractivity contribution in [1.29, 1.82) is 0 Å². The van der Waals surface area contributed by atoms with Gasteiger partial charge in [-0.3, -0.25) is 18.9 Å². The third-order valence-corrected chi connectivity index (χ3v) is 8.47. The van der Waals surface area contributed by atoms with Gasteiger partial charge in [-0.1, -0.05) is 67.4 Å². The van der Waals surface area contributed by atoms with Crippen molar-refractivity contribution in [1.82, 2.24) is 14.5 Å². The van der Waals surface area contributed by atoms with Gasteiger partial charge in [0.1, 0.15) is 18.3 Å². The molecule has 1 N–H and O–H groups in total. The van der Waals surface area contributed by atoms with E-state index in [4.69, 9.17) is 23.0 Å². The quantitative estimate of drug-likeness (QED) is 0.243. The van der Waals surface area contributed by atoms with E-state index >= 15 is 0 Å². The smallest absolute Gasteiger partial charge is 0.414 e. The van der Waals surface area contributed by atoms with Gasteiger partial charge in [0.25, 0.3) is 0 Å². The Labute approximate surface area is 249 Å². The number of hydrogen-bond donors (Lipinski definition) is 1. The van der Waals surface area contributed by atoms with Crippen molar-refractivity contribution in [2.75, 3.05) is 18.5 Å². The molecule has 2 aliphatic rings. The Morgan fingerprint density at radius 1 is 1.14 bits per heavy atom. The molecule has 1 fully saturated rings. The Balaban J connectivity index is 1.34. The monoisotopic (exact) mass is 604 g/mol. The van der Waals surface area contributed by atoms with Gasteiger partial charge in [0.15, 0.2) is 0 Å². The van der Waals surface area contributed by atoms with Crippen LogP contribution in [0.15, 0.2) is 17.2 Å². The van der Waals surface area contributed by atoms with Crippen LogP contribution in [0.4, 0.5) is 10.7 Å². The topological polar surface area (TPSA) is 123 Å². The van der Waals surface area contributed by atoms with E-state index in [1.807, 2.05) is 0 Å². The van der Waals surface area contributed by atoms with Crippen molar-refractivity contribution in [3.05, 3.63) is 45.1 Å². The molecule has 11 nitrogen and oxygen atoms in total. The predicted molar refractivity (Wildman–Crippen MR) is 161 cm³/mol. The summed E-state index contributed by atoms with van der Waals surface area (Å²) in [6, 6.07) is 2.27.